The average molecular weight is 379 g/mol. The van der Waals surface area contributed by atoms with E-state index in [0.29, 0.717) is 0 Å². The molecule has 22 heavy (non-hydrogen) atoms. The van der Waals surface area contributed by atoms with Gasteiger partial charge in [-0.15, -0.1) is 0 Å². The van der Waals surface area contributed by atoms with Gasteiger partial charge in [-0.05, 0) is 12.8 Å². The maximum Gasteiger partial charge on any atom is 0.0527 e. The lowest BCUT2D eigenvalue weighted by atomic mass is 10.6. The molecule has 0 saturated heterocycles. The van der Waals surface area contributed by atoms with E-state index in [0.717, 1.165) is 0 Å². The minimum Gasteiger partial charge on any atom is -0.0942 e. The average Bonchev–Trinajstić information content (AvgIpc) is 2.58. The first-order chi connectivity index (χ1) is 10.6. The minimum absolute atomic E-state index is 0.849. The first kappa shape index (κ1) is 23.1. The van der Waals surface area contributed by atoms with Gasteiger partial charge in [0.1, 0.15) is 0 Å². The molecule has 0 aliphatic rings. The smallest absolute Gasteiger partial charge is 0.0527 e. The molecule has 0 aliphatic heterocycles. The van der Waals surface area contributed by atoms with Gasteiger partial charge >= 0.3 is 0 Å². The summed E-state index contributed by atoms with van der Waals surface area (Å²) in [7, 11) is 2.61. The Bertz CT molecular complexity index is 209. The third kappa shape index (κ3) is 8.30. The van der Waals surface area contributed by atoms with E-state index in [4.69, 9.17) is 0 Å². The van der Waals surface area contributed by atoms with Crippen LogP contribution in [0.25, 0.3) is 0 Å². The summed E-state index contributed by atoms with van der Waals surface area (Å²) in [5.41, 5.74) is 0. The van der Waals surface area contributed by atoms with E-state index in [-0.39, 0.29) is 0 Å². The predicted octanol–water partition coefficient (Wildman–Crippen LogP) is 8.17. The normalized spacial score (nSPS) is 12.8. The molecular weight excluding hydrogens is 337 g/mol. The van der Waals surface area contributed by atoms with E-state index in [1.165, 1.54) is 60.6 Å². The van der Waals surface area contributed by atoms with E-state index < -0.39 is 16.1 Å². The van der Waals surface area contributed by atoms with Gasteiger partial charge in [0.15, 0.2) is 0 Å². The first-order valence-corrected chi connectivity index (χ1v) is 18.0. The van der Waals surface area contributed by atoms with Gasteiger partial charge in [-0.1, -0.05) is 111 Å². The standard InChI is InChI=1S/C18H42S2Si2/c1-7-21(8-2,9-3)17-13-15-19-20-16-14-18-22(10-4,11-5)12-6/h7-18H2,1-6H3. The second-order valence-corrected chi connectivity index (χ2v) is 20.9. The highest BCUT2D eigenvalue weighted by molar-refractivity contribution is 8.76. The van der Waals surface area contributed by atoms with Gasteiger partial charge in [0.25, 0.3) is 0 Å². The Hall–Kier alpha value is 1.13. The summed E-state index contributed by atoms with van der Waals surface area (Å²) in [6.45, 7) is 14.6. The molecule has 0 aromatic carbocycles. The Balaban J connectivity index is 3.70. The monoisotopic (exact) mass is 378 g/mol. The van der Waals surface area contributed by atoms with E-state index in [1.54, 1.807) is 12.1 Å². The summed E-state index contributed by atoms with van der Waals surface area (Å²) < 4.78 is 0. The molecule has 0 spiro atoms. The van der Waals surface area contributed by atoms with Crippen molar-refractivity contribution >= 4 is 37.7 Å². The summed E-state index contributed by atoms with van der Waals surface area (Å²) in [5, 5.41) is 0. The zero-order valence-corrected chi connectivity index (χ0v) is 19.9. The molecule has 0 aromatic rings. The predicted molar refractivity (Wildman–Crippen MR) is 118 cm³/mol. The summed E-state index contributed by atoms with van der Waals surface area (Å²) in [6.07, 6.45) is 2.94. The Kier molecular flexibility index (Phi) is 14.1. The van der Waals surface area contributed by atoms with Gasteiger partial charge in [0, 0.05) is 11.5 Å². The molecule has 4 heteroatoms. The Labute approximate surface area is 151 Å². The molecule has 0 atom stereocenters. The zero-order chi connectivity index (χ0) is 16.9. The molecule has 0 fully saturated rings. The van der Waals surface area contributed by atoms with Crippen LogP contribution in [0, 0.1) is 0 Å². The number of hydrogen-bond acceptors (Lipinski definition) is 2. The van der Waals surface area contributed by atoms with Crippen LogP contribution >= 0.6 is 21.6 Å². The second-order valence-electron chi connectivity index (χ2n) is 6.97. The fraction of sp³-hybridized carbons (Fsp3) is 1.00. The van der Waals surface area contributed by atoms with Gasteiger partial charge in [-0.25, -0.2) is 0 Å². The van der Waals surface area contributed by atoms with Crippen molar-refractivity contribution in [2.75, 3.05) is 11.5 Å². The number of rotatable bonds is 15. The van der Waals surface area contributed by atoms with Crippen molar-refractivity contribution in [2.24, 2.45) is 0 Å². The molecule has 0 nitrogen and oxygen atoms in total. The van der Waals surface area contributed by atoms with E-state index in [9.17, 15) is 0 Å². The quantitative estimate of drug-likeness (QED) is 0.160. The summed E-state index contributed by atoms with van der Waals surface area (Å²) in [5.74, 6) is 2.77. The lowest BCUT2D eigenvalue weighted by molar-refractivity contribution is 1.000. The molecule has 0 radical (unpaired) electrons. The molecule has 0 saturated carbocycles. The molecule has 0 amide bonds. The molecule has 0 bridgehead atoms. The number of hydrogen-bond donors (Lipinski definition) is 0. The van der Waals surface area contributed by atoms with Gasteiger partial charge in [-0.2, -0.15) is 0 Å². The van der Waals surface area contributed by atoms with E-state index in [1.807, 2.05) is 0 Å². The van der Waals surface area contributed by atoms with Gasteiger partial charge in [0.05, 0.1) is 16.1 Å². The highest BCUT2D eigenvalue weighted by atomic mass is 33.1. The Morgan fingerprint density at radius 2 is 0.773 bits per heavy atom. The lowest BCUT2D eigenvalue weighted by Crippen LogP contribution is -2.31. The Morgan fingerprint density at radius 1 is 0.500 bits per heavy atom. The molecular formula is C18H42S2Si2. The maximum absolute atomic E-state index is 2.44. The van der Waals surface area contributed by atoms with Crippen LogP contribution in [0.5, 0.6) is 0 Å². The van der Waals surface area contributed by atoms with E-state index in [2.05, 4.69) is 63.1 Å². The lowest BCUT2D eigenvalue weighted by Gasteiger charge is -2.28. The SMILES string of the molecule is CC[Si](CC)(CC)CCCSSCCC[Si](CC)(CC)CC. The largest absolute Gasteiger partial charge is 0.0942 e. The fourth-order valence-electron chi connectivity index (χ4n) is 3.69. The zero-order valence-electron chi connectivity index (χ0n) is 16.3. The fourth-order valence-corrected chi connectivity index (χ4v) is 13.4. The van der Waals surface area contributed by atoms with Crippen molar-refractivity contribution in [1.82, 2.24) is 0 Å². The van der Waals surface area contributed by atoms with Crippen LogP contribution in [0.4, 0.5) is 0 Å². The van der Waals surface area contributed by atoms with Crippen LogP contribution in [0.15, 0.2) is 0 Å². The van der Waals surface area contributed by atoms with Gasteiger partial charge in [0.2, 0.25) is 0 Å². The Morgan fingerprint density at radius 3 is 1.00 bits per heavy atom. The summed E-state index contributed by atoms with van der Waals surface area (Å²) >= 11 is 0. The molecule has 0 N–H and O–H groups in total. The molecule has 0 aliphatic carbocycles. The van der Waals surface area contributed by atoms with Crippen LogP contribution in [-0.2, 0) is 0 Å². The van der Waals surface area contributed by atoms with Crippen molar-refractivity contribution in [3.05, 3.63) is 0 Å². The summed E-state index contributed by atoms with van der Waals surface area (Å²) in [6, 6.07) is 12.1. The topological polar surface area (TPSA) is 0 Å². The minimum atomic E-state index is -0.849. The third-order valence-electron chi connectivity index (χ3n) is 6.45. The highest BCUT2D eigenvalue weighted by Gasteiger charge is 2.26. The second kappa shape index (κ2) is 13.4. The van der Waals surface area contributed by atoms with Crippen molar-refractivity contribution in [2.45, 2.75) is 103 Å². The van der Waals surface area contributed by atoms with Crippen LogP contribution in [0.3, 0.4) is 0 Å². The van der Waals surface area contributed by atoms with Crippen LogP contribution < -0.4 is 0 Å². The maximum atomic E-state index is 2.44. The van der Waals surface area contributed by atoms with Crippen molar-refractivity contribution in [1.29, 1.82) is 0 Å². The highest BCUT2D eigenvalue weighted by Crippen LogP contribution is 2.32. The summed E-state index contributed by atoms with van der Waals surface area (Å²) in [4.78, 5) is 0. The van der Waals surface area contributed by atoms with Gasteiger partial charge in [-0.3, -0.25) is 0 Å². The van der Waals surface area contributed by atoms with Crippen LogP contribution in [-0.4, -0.2) is 27.7 Å². The first-order valence-electron chi connectivity index (χ1n) is 9.82. The van der Waals surface area contributed by atoms with Crippen molar-refractivity contribution in [3.63, 3.8) is 0 Å². The van der Waals surface area contributed by atoms with Gasteiger partial charge < -0.3 is 0 Å². The van der Waals surface area contributed by atoms with Crippen molar-refractivity contribution in [3.8, 4) is 0 Å². The molecule has 0 rings (SSSR count). The third-order valence-corrected chi connectivity index (χ3v) is 20.9. The van der Waals surface area contributed by atoms with E-state index >= 15 is 0 Å². The molecule has 134 valence electrons. The van der Waals surface area contributed by atoms with Crippen LogP contribution in [0.1, 0.15) is 54.4 Å². The van der Waals surface area contributed by atoms with Crippen LogP contribution in [0.2, 0.25) is 48.4 Å². The molecule has 0 heterocycles. The van der Waals surface area contributed by atoms with Crippen molar-refractivity contribution < 1.29 is 0 Å². The molecule has 0 unspecified atom stereocenters. The molecule has 0 aromatic heterocycles.